The van der Waals surface area contributed by atoms with Crippen molar-refractivity contribution in [1.82, 2.24) is 15.5 Å². The lowest BCUT2D eigenvalue weighted by atomic mass is 9.93. The van der Waals surface area contributed by atoms with Crippen molar-refractivity contribution in [2.24, 2.45) is 11.7 Å². The quantitative estimate of drug-likeness (QED) is 0.683. The van der Waals surface area contributed by atoms with E-state index in [4.69, 9.17) is 29.6 Å². The highest BCUT2D eigenvalue weighted by molar-refractivity contribution is 7.71. The average Bonchev–Trinajstić information content (AvgIpc) is 2.63. The number of rotatable bonds is 5. The Balaban J connectivity index is 1.95. The molecule has 1 aliphatic heterocycles. The number of aromatic amines is 1. The van der Waals surface area contributed by atoms with Crippen LogP contribution < -0.4 is 11.1 Å². The van der Waals surface area contributed by atoms with Crippen LogP contribution in [0.15, 0.2) is 24.3 Å². The predicted molar refractivity (Wildman–Crippen MR) is 108 cm³/mol. The van der Waals surface area contributed by atoms with Crippen LogP contribution in [0.4, 0.5) is 0 Å². The van der Waals surface area contributed by atoms with Gasteiger partial charge in [0.2, 0.25) is 0 Å². The summed E-state index contributed by atoms with van der Waals surface area (Å²) in [6, 6.07) is 7.51. The van der Waals surface area contributed by atoms with Crippen LogP contribution in [0.1, 0.15) is 40.2 Å². The van der Waals surface area contributed by atoms with Crippen molar-refractivity contribution in [1.29, 1.82) is 0 Å². The zero-order valence-corrected chi connectivity index (χ0v) is 15.9. The van der Waals surface area contributed by atoms with Gasteiger partial charge in [-0.2, -0.15) is 5.10 Å². The van der Waals surface area contributed by atoms with Crippen LogP contribution in [0, 0.1) is 10.4 Å². The normalized spacial score (nSPS) is 17.5. The van der Waals surface area contributed by atoms with Crippen LogP contribution in [0.25, 0.3) is 12.2 Å². The number of hydrogen-bond acceptors (Lipinski definition) is 4. The molecule has 1 aliphatic rings. The molecule has 1 unspecified atom stereocenters. The summed E-state index contributed by atoms with van der Waals surface area (Å²) in [5.41, 5.74) is 8.22. The maximum absolute atomic E-state index is 11.6. The van der Waals surface area contributed by atoms with Crippen molar-refractivity contribution in [3.63, 3.8) is 0 Å². The first-order valence-electron chi connectivity index (χ1n) is 8.60. The molecule has 1 saturated heterocycles. The molecule has 1 aromatic carbocycles. The second-order valence-electron chi connectivity index (χ2n) is 6.46. The number of benzene rings is 1. The number of H-pyrrole nitrogens is 1. The molecule has 136 valence electrons. The summed E-state index contributed by atoms with van der Waals surface area (Å²) in [7, 11) is 0. The van der Waals surface area contributed by atoms with Crippen LogP contribution in [-0.2, 0) is 6.42 Å². The van der Waals surface area contributed by atoms with E-state index in [9.17, 15) is 4.79 Å². The minimum atomic E-state index is -0.627. The fourth-order valence-corrected chi connectivity index (χ4v) is 3.60. The third-order valence-electron chi connectivity index (χ3n) is 4.53. The lowest BCUT2D eigenvalue weighted by Gasteiger charge is -2.23. The number of nitrogens with zero attached hydrogens (tertiary/aromatic N) is 1. The molecule has 0 bridgehead atoms. The number of carbonyl (C=O) groups excluding carboxylic acids is 1. The lowest BCUT2D eigenvalue weighted by molar-refractivity contribution is 0.0994. The Bertz CT molecular complexity index is 870. The molecule has 5 nitrogen and oxygen atoms in total. The minimum absolute atomic E-state index is 0.0984. The second kappa shape index (κ2) is 8.58. The van der Waals surface area contributed by atoms with Gasteiger partial charge in [0.15, 0.2) is 5.69 Å². The van der Waals surface area contributed by atoms with Gasteiger partial charge in [0, 0.05) is 16.3 Å². The zero-order chi connectivity index (χ0) is 18.5. The Morgan fingerprint density at radius 2 is 2.12 bits per heavy atom. The number of halogens is 1. The van der Waals surface area contributed by atoms with Gasteiger partial charge in [-0.3, -0.25) is 9.89 Å². The van der Waals surface area contributed by atoms with E-state index in [2.05, 4.69) is 15.5 Å². The Labute approximate surface area is 162 Å². The SMILES string of the molecule is NC(=O)c1n[nH]c(CC2CCCNC2)c(/C=C/c2ccc(Cl)cc2)c1=S. The molecule has 1 fully saturated rings. The van der Waals surface area contributed by atoms with Crippen molar-refractivity contribution in [2.75, 3.05) is 13.1 Å². The van der Waals surface area contributed by atoms with Gasteiger partial charge in [0.1, 0.15) is 0 Å². The van der Waals surface area contributed by atoms with E-state index in [0.717, 1.165) is 49.2 Å². The number of nitrogens with two attached hydrogens (primary N) is 1. The molecule has 7 heteroatoms. The number of aromatic nitrogens is 2. The van der Waals surface area contributed by atoms with Gasteiger partial charge in [-0.25, -0.2) is 0 Å². The van der Waals surface area contributed by atoms with Gasteiger partial charge in [-0.15, -0.1) is 0 Å². The Hall–Kier alpha value is -2.02. The van der Waals surface area contributed by atoms with Gasteiger partial charge >= 0.3 is 0 Å². The molecule has 3 rings (SSSR count). The van der Waals surface area contributed by atoms with Gasteiger partial charge in [-0.1, -0.05) is 48.1 Å². The summed E-state index contributed by atoms with van der Waals surface area (Å²) in [5, 5.41) is 11.2. The number of amides is 1. The van der Waals surface area contributed by atoms with Crippen molar-refractivity contribution in [3.05, 3.63) is 56.3 Å². The number of carbonyl (C=O) groups is 1. The fraction of sp³-hybridized carbons (Fsp3) is 0.316. The smallest absolute Gasteiger partial charge is 0.270 e. The van der Waals surface area contributed by atoms with Crippen LogP contribution in [-0.4, -0.2) is 29.2 Å². The first-order valence-corrected chi connectivity index (χ1v) is 9.39. The third-order valence-corrected chi connectivity index (χ3v) is 5.19. The first-order chi connectivity index (χ1) is 12.5. The monoisotopic (exact) mass is 388 g/mol. The molecule has 1 aromatic heterocycles. The van der Waals surface area contributed by atoms with Crippen molar-refractivity contribution in [3.8, 4) is 0 Å². The van der Waals surface area contributed by atoms with Gasteiger partial charge in [0.05, 0.1) is 4.51 Å². The Morgan fingerprint density at radius 3 is 2.77 bits per heavy atom. The highest BCUT2D eigenvalue weighted by Crippen LogP contribution is 2.21. The summed E-state index contributed by atoms with van der Waals surface area (Å²) in [4.78, 5) is 11.6. The Morgan fingerprint density at radius 1 is 1.35 bits per heavy atom. The molecule has 2 aromatic rings. The molecular weight excluding hydrogens is 368 g/mol. The summed E-state index contributed by atoms with van der Waals surface area (Å²) >= 11 is 11.4. The molecular formula is C19H21ClN4OS. The summed E-state index contributed by atoms with van der Waals surface area (Å²) in [6.45, 7) is 2.03. The molecule has 0 saturated carbocycles. The molecule has 1 amide bonds. The maximum atomic E-state index is 11.6. The molecule has 4 N–H and O–H groups in total. The average molecular weight is 389 g/mol. The Kier molecular flexibility index (Phi) is 6.19. The van der Waals surface area contributed by atoms with E-state index >= 15 is 0 Å². The fourth-order valence-electron chi connectivity index (χ4n) is 3.14. The largest absolute Gasteiger partial charge is 0.364 e. The second-order valence-corrected chi connectivity index (χ2v) is 7.30. The van der Waals surface area contributed by atoms with E-state index in [-0.39, 0.29) is 5.69 Å². The lowest BCUT2D eigenvalue weighted by Crippen LogP contribution is -2.31. The maximum Gasteiger partial charge on any atom is 0.270 e. The van der Waals surface area contributed by atoms with Gasteiger partial charge in [-0.05, 0) is 56.0 Å². The predicted octanol–water partition coefficient (Wildman–Crippen LogP) is 3.60. The number of primary amides is 1. The van der Waals surface area contributed by atoms with Crippen LogP contribution in [0.3, 0.4) is 0 Å². The minimum Gasteiger partial charge on any atom is -0.364 e. The van der Waals surface area contributed by atoms with E-state index in [1.165, 1.54) is 0 Å². The van der Waals surface area contributed by atoms with Crippen LogP contribution in [0.2, 0.25) is 5.02 Å². The van der Waals surface area contributed by atoms with Crippen molar-refractivity contribution >= 4 is 41.9 Å². The molecule has 2 heterocycles. The van der Waals surface area contributed by atoms with Crippen molar-refractivity contribution < 1.29 is 4.79 Å². The van der Waals surface area contributed by atoms with E-state index in [1.54, 1.807) is 0 Å². The molecule has 0 aliphatic carbocycles. The van der Waals surface area contributed by atoms with Gasteiger partial charge < -0.3 is 11.1 Å². The van der Waals surface area contributed by atoms with E-state index in [1.807, 2.05) is 36.4 Å². The standard InChI is InChI=1S/C19H21ClN4OS/c20-14-6-3-12(4-7-14)5-8-15-16(10-13-2-1-9-22-11-13)23-24-17(18(15)26)19(21)25/h3-8,13,22H,1-2,9-11H2,(H2,21,25)(H,23,26)/b8-5+. The van der Waals surface area contributed by atoms with Gasteiger partial charge in [0.25, 0.3) is 5.91 Å². The number of nitrogens with one attached hydrogen (secondary N) is 2. The molecule has 0 radical (unpaired) electrons. The van der Waals surface area contributed by atoms with E-state index in [0.29, 0.717) is 15.5 Å². The van der Waals surface area contributed by atoms with Crippen molar-refractivity contribution in [2.45, 2.75) is 19.3 Å². The zero-order valence-electron chi connectivity index (χ0n) is 14.3. The highest BCUT2D eigenvalue weighted by atomic mass is 35.5. The number of hydrogen-bond donors (Lipinski definition) is 3. The highest BCUT2D eigenvalue weighted by Gasteiger charge is 2.18. The summed E-state index contributed by atoms with van der Waals surface area (Å²) in [6.07, 6.45) is 7.01. The van der Waals surface area contributed by atoms with Crippen LogP contribution in [0.5, 0.6) is 0 Å². The first kappa shape index (κ1) is 18.8. The summed E-state index contributed by atoms with van der Waals surface area (Å²) < 4.78 is 0.389. The van der Waals surface area contributed by atoms with Crippen LogP contribution >= 0.6 is 23.8 Å². The third kappa shape index (κ3) is 4.58. The molecule has 0 spiro atoms. The molecule has 26 heavy (non-hydrogen) atoms. The van der Waals surface area contributed by atoms with E-state index < -0.39 is 5.91 Å². The summed E-state index contributed by atoms with van der Waals surface area (Å²) in [5.74, 6) is -0.114. The molecule has 1 atom stereocenters. The topological polar surface area (TPSA) is 83.8 Å². The number of piperidine rings is 1.